The number of nitrogens with zero attached hydrogens (tertiary/aromatic N) is 2. The number of amides is 1. The summed E-state index contributed by atoms with van der Waals surface area (Å²) in [5.74, 6) is -0.165. The number of aromatic nitrogens is 1. The number of carbonyl (C=O) groups excluding carboxylic acids is 1. The van der Waals surface area contributed by atoms with E-state index < -0.39 is 0 Å². The molecule has 2 aromatic rings. The summed E-state index contributed by atoms with van der Waals surface area (Å²) >= 11 is 1.51. The fourth-order valence-corrected chi connectivity index (χ4v) is 3.46. The SMILES string of the molecule is NC(=O)C1CCCN(Cc2ccc(NCc3ccns3)cc2)C1. The lowest BCUT2D eigenvalue weighted by Gasteiger charge is -2.31. The van der Waals surface area contributed by atoms with Crippen LogP contribution in [0, 0.1) is 5.92 Å². The minimum atomic E-state index is -0.169. The monoisotopic (exact) mass is 330 g/mol. The van der Waals surface area contributed by atoms with Crippen molar-refractivity contribution < 1.29 is 4.79 Å². The first-order valence-corrected chi connectivity index (χ1v) is 8.72. The fourth-order valence-electron chi connectivity index (χ4n) is 2.94. The van der Waals surface area contributed by atoms with Gasteiger partial charge >= 0.3 is 0 Å². The number of nitrogens with two attached hydrogens (primary N) is 1. The number of hydrogen-bond donors (Lipinski definition) is 2. The van der Waals surface area contributed by atoms with E-state index in [1.165, 1.54) is 22.0 Å². The van der Waals surface area contributed by atoms with E-state index in [0.29, 0.717) is 0 Å². The van der Waals surface area contributed by atoms with Crippen LogP contribution >= 0.6 is 11.5 Å². The summed E-state index contributed by atoms with van der Waals surface area (Å²) < 4.78 is 4.10. The third kappa shape index (κ3) is 4.53. The molecular formula is C17H22N4OS. The molecular weight excluding hydrogens is 308 g/mol. The molecule has 1 saturated heterocycles. The highest BCUT2D eigenvalue weighted by Crippen LogP contribution is 2.19. The summed E-state index contributed by atoms with van der Waals surface area (Å²) in [6.45, 7) is 3.49. The highest BCUT2D eigenvalue weighted by molar-refractivity contribution is 7.05. The summed E-state index contributed by atoms with van der Waals surface area (Å²) in [7, 11) is 0. The Morgan fingerprint density at radius 1 is 1.35 bits per heavy atom. The number of nitrogens with one attached hydrogen (secondary N) is 1. The molecule has 2 heterocycles. The van der Waals surface area contributed by atoms with Gasteiger partial charge < -0.3 is 11.1 Å². The standard InChI is InChI=1S/C17H22N4OS/c18-17(22)14-2-1-9-21(12-14)11-13-3-5-15(6-4-13)19-10-16-7-8-20-23-16/h3-8,14,19H,1-2,9-12H2,(H2,18,22). The molecule has 1 aliphatic rings. The van der Waals surface area contributed by atoms with Gasteiger partial charge in [-0.1, -0.05) is 12.1 Å². The smallest absolute Gasteiger partial charge is 0.221 e. The van der Waals surface area contributed by atoms with Gasteiger partial charge in [-0.25, -0.2) is 4.37 Å². The number of primary amides is 1. The summed E-state index contributed by atoms with van der Waals surface area (Å²) in [5.41, 5.74) is 7.81. The van der Waals surface area contributed by atoms with E-state index in [9.17, 15) is 4.79 Å². The first-order valence-electron chi connectivity index (χ1n) is 7.95. The zero-order valence-electron chi connectivity index (χ0n) is 13.1. The van der Waals surface area contributed by atoms with Crippen LogP contribution in [0.5, 0.6) is 0 Å². The number of anilines is 1. The molecule has 0 aliphatic carbocycles. The van der Waals surface area contributed by atoms with Crippen molar-refractivity contribution in [3.05, 3.63) is 47.0 Å². The number of hydrogen-bond acceptors (Lipinski definition) is 5. The molecule has 1 aromatic carbocycles. The number of benzene rings is 1. The first-order chi connectivity index (χ1) is 11.2. The van der Waals surface area contributed by atoms with Crippen LogP contribution in [0.1, 0.15) is 23.3 Å². The van der Waals surface area contributed by atoms with Gasteiger partial charge in [-0.15, -0.1) is 0 Å². The number of carbonyl (C=O) groups is 1. The van der Waals surface area contributed by atoms with Crippen molar-refractivity contribution in [3.63, 3.8) is 0 Å². The van der Waals surface area contributed by atoms with E-state index in [1.54, 1.807) is 0 Å². The lowest BCUT2D eigenvalue weighted by atomic mass is 9.97. The fraction of sp³-hybridized carbons (Fsp3) is 0.412. The summed E-state index contributed by atoms with van der Waals surface area (Å²) in [4.78, 5) is 14.9. The zero-order valence-corrected chi connectivity index (χ0v) is 13.9. The molecule has 6 heteroatoms. The average molecular weight is 330 g/mol. The van der Waals surface area contributed by atoms with Gasteiger partial charge in [-0.05, 0) is 54.7 Å². The van der Waals surface area contributed by atoms with E-state index in [1.807, 2.05) is 12.3 Å². The predicted molar refractivity (Wildman–Crippen MR) is 93.1 cm³/mol. The summed E-state index contributed by atoms with van der Waals surface area (Å²) in [5, 5.41) is 3.40. The lowest BCUT2D eigenvalue weighted by molar-refractivity contribution is -0.123. The van der Waals surface area contributed by atoms with Gasteiger partial charge in [0.2, 0.25) is 5.91 Å². The third-order valence-electron chi connectivity index (χ3n) is 4.23. The molecule has 1 amide bonds. The van der Waals surface area contributed by atoms with Crippen LogP contribution in [0.3, 0.4) is 0 Å². The molecule has 0 radical (unpaired) electrons. The molecule has 1 aliphatic heterocycles. The Morgan fingerprint density at radius 3 is 2.87 bits per heavy atom. The largest absolute Gasteiger partial charge is 0.380 e. The van der Waals surface area contributed by atoms with Crippen molar-refractivity contribution in [2.75, 3.05) is 18.4 Å². The Morgan fingerprint density at radius 2 is 2.17 bits per heavy atom. The van der Waals surface area contributed by atoms with Crippen LogP contribution in [0.25, 0.3) is 0 Å². The van der Waals surface area contributed by atoms with Gasteiger partial charge in [0.05, 0.1) is 12.5 Å². The van der Waals surface area contributed by atoms with Gasteiger partial charge in [0, 0.05) is 29.9 Å². The second kappa shape index (κ2) is 7.57. The molecule has 1 fully saturated rings. The molecule has 0 bridgehead atoms. The number of likely N-dealkylation sites (tertiary alicyclic amines) is 1. The van der Waals surface area contributed by atoms with Gasteiger partial charge in [-0.3, -0.25) is 9.69 Å². The van der Waals surface area contributed by atoms with Crippen molar-refractivity contribution in [1.29, 1.82) is 0 Å². The van der Waals surface area contributed by atoms with E-state index in [0.717, 1.165) is 44.7 Å². The Labute approximate surface area is 140 Å². The van der Waals surface area contributed by atoms with Crippen LogP contribution < -0.4 is 11.1 Å². The Balaban J connectivity index is 1.52. The highest BCUT2D eigenvalue weighted by Gasteiger charge is 2.23. The molecule has 1 atom stereocenters. The first kappa shape index (κ1) is 16.0. The summed E-state index contributed by atoms with van der Waals surface area (Å²) in [6, 6.07) is 10.5. The van der Waals surface area contributed by atoms with Crippen LogP contribution in [0.4, 0.5) is 5.69 Å². The molecule has 1 unspecified atom stereocenters. The Kier molecular flexibility index (Phi) is 5.25. The van der Waals surface area contributed by atoms with Crippen LogP contribution in [-0.4, -0.2) is 28.3 Å². The Bertz CT molecular complexity index is 627. The van der Waals surface area contributed by atoms with E-state index in [-0.39, 0.29) is 11.8 Å². The molecule has 0 saturated carbocycles. The molecule has 23 heavy (non-hydrogen) atoms. The molecule has 1 aromatic heterocycles. The zero-order chi connectivity index (χ0) is 16.1. The van der Waals surface area contributed by atoms with Gasteiger partial charge in [0.1, 0.15) is 0 Å². The molecule has 0 spiro atoms. The van der Waals surface area contributed by atoms with Crippen LogP contribution in [-0.2, 0) is 17.9 Å². The molecule has 3 N–H and O–H groups in total. The maximum atomic E-state index is 11.4. The second-order valence-corrected chi connectivity index (χ2v) is 6.92. The van der Waals surface area contributed by atoms with Crippen LogP contribution in [0.15, 0.2) is 36.5 Å². The number of rotatable bonds is 6. The van der Waals surface area contributed by atoms with Crippen LogP contribution in [0.2, 0.25) is 0 Å². The van der Waals surface area contributed by atoms with Crippen molar-refractivity contribution in [2.45, 2.75) is 25.9 Å². The maximum Gasteiger partial charge on any atom is 0.221 e. The van der Waals surface area contributed by atoms with Gasteiger partial charge in [0.25, 0.3) is 0 Å². The van der Waals surface area contributed by atoms with Gasteiger partial charge in [0.15, 0.2) is 0 Å². The van der Waals surface area contributed by atoms with Gasteiger partial charge in [-0.2, -0.15) is 0 Å². The van der Waals surface area contributed by atoms with Crippen molar-refractivity contribution >= 4 is 23.1 Å². The van der Waals surface area contributed by atoms with E-state index in [2.05, 4.69) is 38.9 Å². The Hall–Kier alpha value is -1.92. The average Bonchev–Trinajstić information content (AvgIpc) is 3.08. The van der Waals surface area contributed by atoms with Crippen molar-refractivity contribution in [3.8, 4) is 0 Å². The quantitative estimate of drug-likeness (QED) is 0.853. The van der Waals surface area contributed by atoms with E-state index in [4.69, 9.17) is 5.73 Å². The maximum absolute atomic E-state index is 11.4. The molecule has 5 nitrogen and oxygen atoms in total. The number of piperidine rings is 1. The third-order valence-corrected chi connectivity index (χ3v) is 4.97. The highest BCUT2D eigenvalue weighted by atomic mass is 32.1. The normalized spacial score (nSPS) is 18.7. The predicted octanol–water partition coefficient (Wildman–Crippen LogP) is 2.45. The topological polar surface area (TPSA) is 71.2 Å². The molecule has 122 valence electrons. The second-order valence-electron chi connectivity index (χ2n) is 6.01. The van der Waals surface area contributed by atoms with Crippen molar-refractivity contribution in [2.24, 2.45) is 11.7 Å². The van der Waals surface area contributed by atoms with Crippen molar-refractivity contribution in [1.82, 2.24) is 9.27 Å². The minimum absolute atomic E-state index is 0.00379. The minimum Gasteiger partial charge on any atom is -0.380 e. The molecule has 3 rings (SSSR count). The lowest BCUT2D eigenvalue weighted by Crippen LogP contribution is -2.40. The van der Waals surface area contributed by atoms with E-state index >= 15 is 0 Å². The summed E-state index contributed by atoms with van der Waals surface area (Å²) in [6.07, 6.45) is 3.79.